The van der Waals surface area contributed by atoms with Gasteiger partial charge in [0.15, 0.2) is 0 Å². The van der Waals surface area contributed by atoms with Gasteiger partial charge in [0.1, 0.15) is 5.01 Å². The summed E-state index contributed by atoms with van der Waals surface area (Å²) < 4.78 is 1.43. The van der Waals surface area contributed by atoms with Crippen molar-refractivity contribution in [2.75, 3.05) is 12.4 Å². The molecule has 0 atom stereocenters. The molecule has 0 aliphatic carbocycles. The van der Waals surface area contributed by atoms with E-state index in [0.717, 1.165) is 0 Å². The number of pyridine rings is 1. The third-order valence-corrected chi connectivity index (χ3v) is 4.48. The highest BCUT2D eigenvalue weighted by Gasteiger charge is 2.19. The van der Waals surface area contributed by atoms with Crippen LogP contribution in [0.1, 0.15) is 10.6 Å². The van der Waals surface area contributed by atoms with Gasteiger partial charge in [-0.2, -0.15) is 0 Å². The van der Waals surface area contributed by atoms with Crippen LogP contribution in [0.3, 0.4) is 0 Å². The van der Waals surface area contributed by atoms with Crippen molar-refractivity contribution in [1.82, 2.24) is 14.8 Å². The van der Waals surface area contributed by atoms with Crippen molar-refractivity contribution in [3.8, 4) is 0 Å². The summed E-state index contributed by atoms with van der Waals surface area (Å²) in [5.41, 5.74) is -0.145. The van der Waals surface area contributed by atoms with Gasteiger partial charge in [-0.3, -0.25) is 14.9 Å². The molecular formula is C10H10BrN5O3S. The predicted octanol–water partition coefficient (Wildman–Crippen LogP) is 1.77. The molecule has 2 aromatic heterocycles. The molecule has 106 valence electrons. The van der Waals surface area contributed by atoms with E-state index in [4.69, 9.17) is 0 Å². The van der Waals surface area contributed by atoms with E-state index in [2.05, 4.69) is 31.4 Å². The molecular weight excluding hydrogens is 350 g/mol. The highest BCUT2D eigenvalue weighted by molar-refractivity contribution is 9.10. The largest absolute Gasteiger partial charge is 0.363 e. The second-order valence-electron chi connectivity index (χ2n) is 3.89. The summed E-state index contributed by atoms with van der Waals surface area (Å²) in [6.07, 6.45) is 1.23. The molecule has 0 amide bonds. The number of nitro groups is 1. The molecule has 0 saturated carbocycles. The average molecular weight is 360 g/mol. The zero-order valence-corrected chi connectivity index (χ0v) is 13.0. The quantitative estimate of drug-likeness (QED) is 0.658. The summed E-state index contributed by atoms with van der Waals surface area (Å²) in [6.45, 7) is 1.66. The van der Waals surface area contributed by atoms with E-state index in [0.29, 0.717) is 15.7 Å². The van der Waals surface area contributed by atoms with Gasteiger partial charge in [0.25, 0.3) is 11.2 Å². The molecule has 0 bridgehead atoms. The van der Waals surface area contributed by atoms with Gasteiger partial charge in [0, 0.05) is 12.6 Å². The van der Waals surface area contributed by atoms with E-state index in [9.17, 15) is 14.9 Å². The first kappa shape index (κ1) is 14.6. The summed E-state index contributed by atoms with van der Waals surface area (Å²) in [5.74, 6) is 0. The van der Waals surface area contributed by atoms with Crippen LogP contribution in [0.4, 0.5) is 10.8 Å². The molecule has 0 aromatic carbocycles. The minimum absolute atomic E-state index is 0.116. The lowest BCUT2D eigenvalue weighted by Gasteiger charge is -2.06. The Hall–Kier alpha value is -1.81. The third kappa shape index (κ3) is 2.70. The maximum absolute atomic E-state index is 12.1. The number of nitrogens with zero attached hydrogens (tertiary/aromatic N) is 4. The van der Waals surface area contributed by atoms with E-state index in [-0.39, 0.29) is 22.3 Å². The molecule has 0 unspecified atom stereocenters. The van der Waals surface area contributed by atoms with Crippen LogP contribution in [0.25, 0.3) is 0 Å². The number of halogens is 1. The van der Waals surface area contributed by atoms with Crippen molar-refractivity contribution in [2.45, 2.75) is 13.5 Å². The minimum Gasteiger partial charge on any atom is -0.363 e. The fourth-order valence-corrected chi connectivity index (χ4v) is 2.69. The molecule has 0 aliphatic heterocycles. The SMILES string of the molecule is CNc1nnc(Cn2cc([N+](=O)[O-])c(C)c(Br)c2=O)s1. The summed E-state index contributed by atoms with van der Waals surface area (Å²) in [5, 5.41) is 22.8. The molecule has 0 radical (unpaired) electrons. The molecule has 0 aliphatic rings. The Morgan fingerprint density at radius 1 is 1.55 bits per heavy atom. The van der Waals surface area contributed by atoms with Crippen LogP contribution in [0, 0.1) is 17.0 Å². The van der Waals surface area contributed by atoms with Crippen LogP contribution < -0.4 is 10.9 Å². The zero-order chi connectivity index (χ0) is 14.9. The van der Waals surface area contributed by atoms with E-state index < -0.39 is 4.92 Å². The molecule has 1 N–H and O–H groups in total. The first-order valence-corrected chi connectivity index (χ1v) is 7.09. The van der Waals surface area contributed by atoms with Crippen molar-refractivity contribution in [3.05, 3.63) is 41.7 Å². The van der Waals surface area contributed by atoms with Crippen molar-refractivity contribution >= 4 is 38.1 Å². The van der Waals surface area contributed by atoms with Gasteiger partial charge in [-0.1, -0.05) is 11.3 Å². The van der Waals surface area contributed by atoms with Crippen LogP contribution in [-0.2, 0) is 6.54 Å². The Kier molecular flexibility index (Phi) is 4.14. The summed E-state index contributed by atoms with van der Waals surface area (Å²) in [7, 11) is 1.71. The molecule has 8 nitrogen and oxygen atoms in total. The Balaban J connectivity index is 2.46. The topological polar surface area (TPSA) is 103 Å². The van der Waals surface area contributed by atoms with Crippen molar-refractivity contribution in [3.63, 3.8) is 0 Å². The molecule has 10 heteroatoms. The fourth-order valence-electron chi connectivity index (χ4n) is 1.57. The van der Waals surface area contributed by atoms with Crippen LogP contribution >= 0.6 is 27.3 Å². The number of hydrogen-bond donors (Lipinski definition) is 1. The molecule has 0 spiro atoms. The number of hydrogen-bond acceptors (Lipinski definition) is 7. The number of nitrogens with one attached hydrogen (secondary N) is 1. The Labute approximate surface area is 125 Å². The zero-order valence-electron chi connectivity index (χ0n) is 10.6. The van der Waals surface area contributed by atoms with Gasteiger partial charge in [0.2, 0.25) is 5.13 Å². The maximum Gasteiger partial charge on any atom is 0.289 e. The van der Waals surface area contributed by atoms with Gasteiger partial charge in [-0.05, 0) is 22.9 Å². The highest BCUT2D eigenvalue weighted by atomic mass is 79.9. The molecule has 0 saturated heterocycles. The second kappa shape index (κ2) is 5.67. The standard InChI is InChI=1S/C10H10BrN5O3S/c1-5-6(16(18)19)3-15(9(17)8(5)11)4-7-13-14-10(12-2)20-7/h3H,4H2,1-2H3,(H,12,14). The lowest BCUT2D eigenvalue weighted by atomic mass is 10.2. The molecule has 20 heavy (non-hydrogen) atoms. The first-order valence-electron chi connectivity index (χ1n) is 5.48. The smallest absolute Gasteiger partial charge is 0.289 e. The van der Waals surface area contributed by atoms with Gasteiger partial charge in [-0.15, -0.1) is 10.2 Å². The van der Waals surface area contributed by atoms with Crippen molar-refractivity contribution in [1.29, 1.82) is 0 Å². The van der Waals surface area contributed by atoms with Crippen molar-refractivity contribution < 1.29 is 4.92 Å². The lowest BCUT2D eigenvalue weighted by Crippen LogP contribution is -2.22. The van der Waals surface area contributed by atoms with Crippen LogP contribution in [-0.4, -0.2) is 26.7 Å². The molecule has 2 heterocycles. The van der Waals surface area contributed by atoms with Crippen molar-refractivity contribution in [2.24, 2.45) is 0 Å². The summed E-state index contributed by atoms with van der Waals surface area (Å²) in [4.78, 5) is 22.5. The van der Waals surface area contributed by atoms with Gasteiger partial charge in [0.05, 0.1) is 22.1 Å². The second-order valence-corrected chi connectivity index (χ2v) is 5.75. The van der Waals surface area contributed by atoms with Gasteiger partial charge < -0.3 is 9.88 Å². The number of aromatic nitrogens is 3. The van der Waals surface area contributed by atoms with E-state index in [1.165, 1.54) is 29.0 Å². The number of rotatable bonds is 4. The van der Waals surface area contributed by atoms with Crippen LogP contribution in [0.2, 0.25) is 0 Å². The van der Waals surface area contributed by atoms with E-state index >= 15 is 0 Å². The Bertz CT molecular complexity index is 726. The van der Waals surface area contributed by atoms with Crippen LogP contribution in [0.5, 0.6) is 0 Å². The molecule has 2 rings (SSSR count). The molecule has 2 aromatic rings. The lowest BCUT2D eigenvalue weighted by molar-refractivity contribution is -0.386. The van der Waals surface area contributed by atoms with E-state index in [1.54, 1.807) is 7.05 Å². The Morgan fingerprint density at radius 2 is 2.25 bits per heavy atom. The van der Waals surface area contributed by atoms with Gasteiger partial charge >= 0.3 is 0 Å². The maximum atomic E-state index is 12.1. The average Bonchev–Trinajstić information content (AvgIpc) is 2.86. The van der Waals surface area contributed by atoms with Crippen LogP contribution in [0.15, 0.2) is 15.5 Å². The third-order valence-electron chi connectivity index (χ3n) is 2.62. The normalized spacial score (nSPS) is 10.6. The molecule has 0 fully saturated rings. The monoisotopic (exact) mass is 359 g/mol. The van der Waals surface area contributed by atoms with E-state index in [1.807, 2.05) is 0 Å². The summed E-state index contributed by atoms with van der Waals surface area (Å²) in [6, 6.07) is 0. The predicted molar refractivity (Wildman–Crippen MR) is 78.4 cm³/mol. The summed E-state index contributed by atoms with van der Waals surface area (Å²) >= 11 is 4.38. The van der Waals surface area contributed by atoms with Gasteiger partial charge in [-0.25, -0.2) is 0 Å². The highest BCUT2D eigenvalue weighted by Crippen LogP contribution is 2.23. The Morgan fingerprint density at radius 3 is 2.80 bits per heavy atom. The first-order chi connectivity index (χ1) is 9.43. The minimum atomic E-state index is -0.519. The fraction of sp³-hybridized carbons (Fsp3) is 0.300. The number of anilines is 1.